The van der Waals surface area contributed by atoms with Crippen LogP contribution in [0.2, 0.25) is 0 Å². The molecule has 8 aromatic carbocycles. The molecule has 0 unspecified atom stereocenters. The number of hydrogen-bond donors (Lipinski definition) is 0. The minimum Gasteiger partial charge on any atom is -0.277 e. The van der Waals surface area contributed by atoms with E-state index in [9.17, 15) is 0 Å². The lowest BCUT2D eigenvalue weighted by Crippen LogP contribution is -2.03. The molecule has 0 aliphatic rings. The molecule has 0 bridgehead atoms. The van der Waals surface area contributed by atoms with E-state index in [4.69, 9.17) is 19.9 Å². The van der Waals surface area contributed by atoms with Gasteiger partial charge in [-0.25, -0.2) is 19.9 Å². The third kappa shape index (κ3) is 6.84. The highest BCUT2D eigenvalue weighted by atomic mass is 15.1. The Hall–Kier alpha value is -8.28. The molecule has 11 aromatic rings. The van der Waals surface area contributed by atoms with Crippen LogP contribution >= 0.6 is 0 Å². The topological polar surface area (TPSA) is 56.0 Å². The Labute approximate surface area is 354 Å². The Balaban J connectivity index is 1.07. The van der Waals surface area contributed by atoms with E-state index >= 15 is 0 Å². The second kappa shape index (κ2) is 15.5. The summed E-state index contributed by atoms with van der Waals surface area (Å²) in [6.07, 6.45) is 0. The second-order valence-corrected chi connectivity index (χ2v) is 15.1. The van der Waals surface area contributed by atoms with Gasteiger partial charge >= 0.3 is 0 Å². The molecule has 286 valence electrons. The van der Waals surface area contributed by atoms with Crippen LogP contribution in [-0.4, -0.2) is 24.3 Å². The van der Waals surface area contributed by atoms with Gasteiger partial charge in [0, 0.05) is 38.6 Å². The molecule has 0 saturated heterocycles. The summed E-state index contributed by atoms with van der Waals surface area (Å²) in [7, 11) is 0. The SMILES string of the molecule is c1ccc(-c2cccc(-c3cc(-c4ccc(-c5c6ccccc6c6nc(-c7ccccc7)nc(-c7ccccc7)n56)cc4)nc(-c4cccc(-c5ccccc5)c4)n3)c2)cc1. The maximum absolute atomic E-state index is 5.26. The first-order valence-electron chi connectivity index (χ1n) is 20.5. The summed E-state index contributed by atoms with van der Waals surface area (Å²) in [5, 5.41) is 2.18. The van der Waals surface area contributed by atoms with E-state index in [1.807, 2.05) is 36.4 Å². The molecule has 0 spiro atoms. The lowest BCUT2D eigenvalue weighted by Gasteiger charge is -2.13. The van der Waals surface area contributed by atoms with Crippen LogP contribution < -0.4 is 0 Å². The fraction of sp³-hybridized carbons (Fsp3) is 0. The van der Waals surface area contributed by atoms with E-state index < -0.39 is 0 Å². The number of benzene rings is 8. The first kappa shape index (κ1) is 35.8. The molecule has 0 amide bonds. The first-order valence-corrected chi connectivity index (χ1v) is 20.5. The van der Waals surface area contributed by atoms with Gasteiger partial charge in [-0.05, 0) is 46.0 Å². The fourth-order valence-electron chi connectivity index (χ4n) is 8.23. The molecule has 0 aliphatic carbocycles. The smallest absolute Gasteiger partial charge is 0.163 e. The van der Waals surface area contributed by atoms with Crippen molar-refractivity contribution in [3.8, 4) is 90.2 Å². The van der Waals surface area contributed by atoms with Gasteiger partial charge in [-0.3, -0.25) is 4.40 Å². The number of hydrogen-bond acceptors (Lipinski definition) is 4. The Bertz CT molecular complexity index is 3220. The molecular formula is C56H37N5. The maximum atomic E-state index is 5.26. The minimum absolute atomic E-state index is 0.668. The fourth-order valence-corrected chi connectivity index (χ4v) is 8.23. The molecule has 3 aromatic heterocycles. The summed E-state index contributed by atoms with van der Waals surface area (Å²) in [6, 6.07) is 77.9. The minimum atomic E-state index is 0.668. The highest BCUT2D eigenvalue weighted by Crippen LogP contribution is 2.39. The van der Waals surface area contributed by atoms with Crippen molar-refractivity contribution in [2.75, 3.05) is 0 Å². The summed E-state index contributed by atoms with van der Waals surface area (Å²) in [5.41, 5.74) is 14.2. The molecule has 0 aliphatic heterocycles. The van der Waals surface area contributed by atoms with Crippen LogP contribution in [0.5, 0.6) is 0 Å². The zero-order valence-electron chi connectivity index (χ0n) is 33.1. The predicted octanol–water partition coefficient (Wildman–Crippen LogP) is 14.0. The molecule has 0 radical (unpaired) electrons. The van der Waals surface area contributed by atoms with Gasteiger partial charge in [0.15, 0.2) is 11.6 Å². The normalized spacial score (nSPS) is 11.3. The number of rotatable bonds is 8. The number of nitrogens with zero attached hydrogens (tertiary/aromatic N) is 5. The van der Waals surface area contributed by atoms with Crippen molar-refractivity contribution < 1.29 is 0 Å². The molecule has 61 heavy (non-hydrogen) atoms. The summed E-state index contributed by atoms with van der Waals surface area (Å²) in [6.45, 7) is 0. The average molecular weight is 780 g/mol. The molecule has 0 N–H and O–H groups in total. The lowest BCUT2D eigenvalue weighted by atomic mass is 9.99. The van der Waals surface area contributed by atoms with Crippen molar-refractivity contribution in [3.05, 3.63) is 224 Å². The highest BCUT2D eigenvalue weighted by molar-refractivity contribution is 6.06. The van der Waals surface area contributed by atoms with Crippen molar-refractivity contribution >= 4 is 16.4 Å². The van der Waals surface area contributed by atoms with E-state index in [0.29, 0.717) is 11.6 Å². The Morgan fingerprint density at radius 1 is 0.262 bits per heavy atom. The highest BCUT2D eigenvalue weighted by Gasteiger charge is 2.21. The van der Waals surface area contributed by atoms with Gasteiger partial charge < -0.3 is 0 Å². The average Bonchev–Trinajstić information content (AvgIpc) is 3.69. The van der Waals surface area contributed by atoms with E-state index in [2.05, 4.69) is 192 Å². The molecule has 0 fully saturated rings. The maximum Gasteiger partial charge on any atom is 0.163 e. The molecule has 3 heterocycles. The first-order chi connectivity index (χ1) is 30.2. The standard InChI is InChI=1S/C56H37N5/c1-5-17-38(18-6-1)44-25-15-27-46(35-44)51-37-50(57-54(58-51)47-28-16-26-45(36-47)39-19-7-2-8-20-39)40-31-33-41(34-32-40)52-48-29-13-14-30-49(48)56-60-53(42-21-9-3-10-22-42)59-55(61(52)56)43-23-11-4-12-24-43/h1-37H. The van der Waals surface area contributed by atoms with Crippen molar-refractivity contribution in [2.24, 2.45) is 0 Å². The van der Waals surface area contributed by atoms with Gasteiger partial charge in [0.25, 0.3) is 0 Å². The van der Waals surface area contributed by atoms with E-state index in [0.717, 1.165) is 95.0 Å². The molecule has 5 nitrogen and oxygen atoms in total. The largest absolute Gasteiger partial charge is 0.277 e. The van der Waals surface area contributed by atoms with Crippen molar-refractivity contribution in [1.29, 1.82) is 0 Å². The van der Waals surface area contributed by atoms with Crippen LogP contribution in [0, 0.1) is 0 Å². The van der Waals surface area contributed by atoms with Crippen LogP contribution in [0.15, 0.2) is 224 Å². The molecule has 0 saturated carbocycles. The van der Waals surface area contributed by atoms with Gasteiger partial charge in [-0.15, -0.1) is 0 Å². The molecular weight excluding hydrogens is 743 g/mol. The van der Waals surface area contributed by atoms with Crippen molar-refractivity contribution in [1.82, 2.24) is 24.3 Å². The van der Waals surface area contributed by atoms with E-state index in [-0.39, 0.29) is 0 Å². The van der Waals surface area contributed by atoms with Gasteiger partial charge in [0.1, 0.15) is 11.5 Å². The van der Waals surface area contributed by atoms with Gasteiger partial charge in [0.05, 0.1) is 17.1 Å². The third-order valence-electron chi connectivity index (χ3n) is 11.2. The Kier molecular flexibility index (Phi) is 9.10. The number of aromatic nitrogens is 5. The van der Waals surface area contributed by atoms with Crippen molar-refractivity contribution in [2.45, 2.75) is 0 Å². The third-order valence-corrected chi connectivity index (χ3v) is 11.2. The summed E-state index contributed by atoms with van der Waals surface area (Å²) in [5.74, 6) is 2.19. The molecule has 0 atom stereocenters. The summed E-state index contributed by atoms with van der Waals surface area (Å²) in [4.78, 5) is 21.0. The lowest BCUT2D eigenvalue weighted by molar-refractivity contribution is 1.05. The van der Waals surface area contributed by atoms with Gasteiger partial charge in [0.2, 0.25) is 0 Å². The summed E-state index contributed by atoms with van der Waals surface area (Å²) < 4.78 is 2.22. The Morgan fingerprint density at radius 3 is 1.33 bits per heavy atom. The van der Waals surface area contributed by atoms with Crippen LogP contribution in [-0.2, 0) is 0 Å². The van der Waals surface area contributed by atoms with Crippen LogP contribution in [0.1, 0.15) is 0 Å². The predicted molar refractivity (Wildman–Crippen MR) is 250 cm³/mol. The van der Waals surface area contributed by atoms with E-state index in [1.54, 1.807) is 0 Å². The van der Waals surface area contributed by atoms with Crippen LogP contribution in [0.3, 0.4) is 0 Å². The second-order valence-electron chi connectivity index (χ2n) is 15.1. The monoisotopic (exact) mass is 779 g/mol. The number of fused-ring (bicyclic) bond motifs is 3. The van der Waals surface area contributed by atoms with Crippen LogP contribution in [0.25, 0.3) is 107 Å². The zero-order chi connectivity index (χ0) is 40.5. The van der Waals surface area contributed by atoms with Gasteiger partial charge in [-0.1, -0.05) is 206 Å². The Morgan fingerprint density at radius 2 is 0.705 bits per heavy atom. The van der Waals surface area contributed by atoms with Crippen molar-refractivity contribution in [3.63, 3.8) is 0 Å². The molecule has 5 heteroatoms. The van der Waals surface area contributed by atoms with Crippen LogP contribution in [0.4, 0.5) is 0 Å². The van der Waals surface area contributed by atoms with E-state index in [1.165, 1.54) is 0 Å². The zero-order valence-corrected chi connectivity index (χ0v) is 33.1. The summed E-state index contributed by atoms with van der Waals surface area (Å²) >= 11 is 0. The van der Waals surface area contributed by atoms with Gasteiger partial charge in [-0.2, -0.15) is 0 Å². The quantitative estimate of drug-likeness (QED) is 0.154. The molecule has 11 rings (SSSR count).